The number of aliphatic carboxylic acids is 4. The molecule has 0 heterocycles. The lowest BCUT2D eigenvalue weighted by Gasteiger charge is -2.30. The maximum Gasteiger partial charge on any atom is 0.524 e. The molecule has 1 aromatic rings. The minimum absolute atomic E-state index is 0.0219. The Morgan fingerprint density at radius 2 is 0.856 bits per heavy atom. The van der Waals surface area contributed by atoms with Crippen molar-refractivity contribution in [2.75, 3.05) is 19.7 Å². The van der Waals surface area contributed by atoms with Crippen LogP contribution in [-0.2, 0) is 78.1 Å². The molecule has 0 aliphatic heterocycles. The highest BCUT2D eigenvalue weighted by Crippen LogP contribution is 2.37. The predicted molar refractivity (Wildman–Crippen MR) is 337 cm³/mol. The molecule has 0 bridgehead atoms. The van der Waals surface area contributed by atoms with Gasteiger partial charge in [-0.2, -0.15) is 0 Å². The molecule has 0 aliphatic rings. The van der Waals surface area contributed by atoms with E-state index >= 15 is 0 Å². The van der Waals surface area contributed by atoms with Crippen LogP contribution >= 0.6 is 7.82 Å². The molecule has 546 valence electrons. The van der Waals surface area contributed by atoms with E-state index in [-0.39, 0.29) is 49.6 Å². The van der Waals surface area contributed by atoms with Crippen molar-refractivity contribution in [3.8, 4) is 5.75 Å². The average molecular weight is 1410 g/mol. The molecular weight excluding hydrogens is 1310 g/mol. The molecule has 0 fully saturated rings. The number of phosphoric acid groups is 1. The molecule has 0 spiro atoms. The van der Waals surface area contributed by atoms with Gasteiger partial charge in [-0.3, -0.25) is 77.1 Å². The number of benzene rings is 1. The molecule has 27 N–H and O–H groups in total. The normalized spacial score (nSPS) is 15.3. The third-order valence-electron chi connectivity index (χ3n) is 14.1. The summed E-state index contributed by atoms with van der Waals surface area (Å²) < 4.78 is 16.1. The van der Waals surface area contributed by atoms with Crippen LogP contribution in [0.2, 0.25) is 0 Å². The summed E-state index contributed by atoms with van der Waals surface area (Å²) in [6.07, 6.45) is -7.46. The third-order valence-corrected chi connectivity index (χ3v) is 14.5. The molecular formula is C56H92N15O25P. The number of aliphatic hydroxyl groups is 3. The SMILES string of the molecule is CC(C)[C@H](NC(=O)[C@H](CCC(=O)O)NC(=O)[C@H](CO)NC(=O)[C@H](Cc1ccc(OP(=O)(O)O)cc1)NC(=O)[C@@H](NC(=O)[C@@H](NC(=O)[C@H](CCC(=O)O)NC(=O)[C@@H](NC(=O)[C@@H](N)CC(=O)O)[C@@H](C)O)[C@@H](C)O)C(C)C)C(=O)N[C@@H](CCCN=C(N)N)C(=O)N[C@@H](CCCCN)C(=O)O. The molecule has 40 nitrogen and oxygen atoms in total. The number of carboxylic acids is 4. The van der Waals surface area contributed by atoms with Gasteiger partial charge in [0, 0.05) is 25.8 Å². The van der Waals surface area contributed by atoms with E-state index in [4.69, 9.17) is 28.0 Å². The highest BCUT2D eigenvalue weighted by atomic mass is 31.2. The minimum atomic E-state index is -5.10. The number of unbranched alkanes of at least 4 members (excludes halogenated alkanes) is 1. The Bertz CT molecular complexity index is 2970. The van der Waals surface area contributed by atoms with Crippen molar-refractivity contribution in [3.05, 3.63) is 29.8 Å². The van der Waals surface area contributed by atoms with Crippen LogP contribution in [0.25, 0.3) is 0 Å². The fourth-order valence-corrected chi connectivity index (χ4v) is 9.23. The van der Waals surface area contributed by atoms with E-state index in [1.807, 2.05) is 5.32 Å². The number of guanidine groups is 1. The summed E-state index contributed by atoms with van der Waals surface area (Å²) >= 11 is 0. The van der Waals surface area contributed by atoms with Crippen molar-refractivity contribution in [1.82, 2.24) is 53.2 Å². The summed E-state index contributed by atoms with van der Waals surface area (Å²) in [4.78, 5) is 207. The Labute approximate surface area is 556 Å². The maximum absolute atomic E-state index is 14.4. The largest absolute Gasteiger partial charge is 0.524 e. The second kappa shape index (κ2) is 42.4. The number of carbonyl (C=O) groups is 14. The second-order valence-corrected chi connectivity index (χ2v) is 24.2. The summed E-state index contributed by atoms with van der Waals surface area (Å²) in [5, 5.41) is 92.3. The lowest BCUT2D eigenvalue weighted by Crippen LogP contribution is -2.63. The van der Waals surface area contributed by atoms with Crippen molar-refractivity contribution in [1.29, 1.82) is 0 Å². The van der Waals surface area contributed by atoms with Gasteiger partial charge in [-0.05, 0) is 94.9 Å². The van der Waals surface area contributed by atoms with Crippen LogP contribution in [0.3, 0.4) is 0 Å². The zero-order valence-electron chi connectivity index (χ0n) is 54.1. The Morgan fingerprint density at radius 1 is 0.485 bits per heavy atom. The van der Waals surface area contributed by atoms with E-state index in [0.717, 1.165) is 26.0 Å². The number of phosphoric ester groups is 1. The van der Waals surface area contributed by atoms with E-state index in [9.17, 15) is 112 Å². The second-order valence-electron chi connectivity index (χ2n) is 23.0. The molecule has 0 unspecified atom stereocenters. The molecule has 0 aromatic heterocycles. The average Bonchev–Trinajstić information content (AvgIpc) is 0.873. The van der Waals surface area contributed by atoms with Gasteiger partial charge in [0.15, 0.2) is 5.96 Å². The topological polar surface area (TPSA) is 684 Å². The zero-order chi connectivity index (χ0) is 74.2. The summed E-state index contributed by atoms with van der Waals surface area (Å²) in [5.41, 5.74) is 22.0. The number of nitrogens with one attached hydrogen (secondary N) is 10. The fraction of sp³-hybridized carbons (Fsp3) is 0.625. The molecule has 1 aromatic carbocycles. The first kappa shape index (κ1) is 85.8. The zero-order valence-corrected chi connectivity index (χ0v) is 55.0. The molecule has 10 amide bonds. The molecule has 0 aliphatic carbocycles. The Kier molecular flexibility index (Phi) is 37.5. The van der Waals surface area contributed by atoms with Crippen LogP contribution in [0.4, 0.5) is 0 Å². The van der Waals surface area contributed by atoms with E-state index < -0.39 is 226 Å². The number of hydrogen-bond acceptors (Lipinski definition) is 22. The number of nitrogens with two attached hydrogens (primary N) is 4. The number of carbonyl (C=O) groups excluding carboxylic acids is 10. The quantitative estimate of drug-likeness (QED) is 0.0125. The summed E-state index contributed by atoms with van der Waals surface area (Å²) in [6.45, 7) is 6.68. The van der Waals surface area contributed by atoms with Gasteiger partial charge in [-0.15, -0.1) is 0 Å². The molecule has 1 rings (SSSR count). The van der Waals surface area contributed by atoms with Crippen molar-refractivity contribution >= 4 is 96.7 Å². The van der Waals surface area contributed by atoms with Crippen LogP contribution in [-0.4, -0.2) is 233 Å². The lowest BCUT2D eigenvalue weighted by molar-refractivity contribution is -0.143. The van der Waals surface area contributed by atoms with E-state index in [1.54, 1.807) is 0 Å². The molecule has 41 heteroatoms. The van der Waals surface area contributed by atoms with Crippen LogP contribution in [0.1, 0.15) is 111 Å². The Hall–Kier alpha value is -9.18. The first-order valence-electron chi connectivity index (χ1n) is 30.4. The molecule has 0 saturated carbocycles. The van der Waals surface area contributed by atoms with E-state index in [0.29, 0.717) is 12.8 Å². The number of hydrogen-bond donors (Lipinski definition) is 23. The van der Waals surface area contributed by atoms with Gasteiger partial charge in [-0.25, -0.2) is 9.36 Å². The van der Waals surface area contributed by atoms with Crippen molar-refractivity contribution < 1.29 is 122 Å². The van der Waals surface area contributed by atoms with Gasteiger partial charge in [0.25, 0.3) is 0 Å². The molecule has 0 saturated heterocycles. The van der Waals surface area contributed by atoms with Gasteiger partial charge in [0.05, 0.1) is 31.3 Å². The number of rotatable bonds is 46. The summed E-state index contributed by atoms with van der Waals surface area (Å²) in [6, 6.07) is -15.0. The van der Waals surface area contributed by atoms with Gasteiger partial charge in [-0.1, -0.05) is 39.8 Å². The monoisotopic (exact) mass is 1410 g/mol. The maximum atomic E-state index is 14.4. The van der Waals surface area contributed by atoms with Gasteiger partial charge < -0.3 is 116 Å². The standard InChI is InChI=1S/C56H92N15O25P/c1-25(2)41(51(87)63-32(11-9-21-61-56(59)60)46(82)65-35(55(91)92)10-7-8-20-57)68-47(83)33(16-18-38(75)76)62-50(86)37(24-72)67-49(85)36(22-29-12-14-30(15-13-29)96-97(93,94)95)66-52(88)42(26(3)4)69-54(90)44(28(6)74)71-48(84)34(17-19-39(77)78)64-53(89)43(27(5)73)70-45(81)31(58)23-40(79)80/h12-15,25-28,31-37,41-44,72-74H,7-11,16-24,57-58H2,1-6H3,(H,62,86)(H,63,87)(H,64,89)(H,65,82)(H,66,88)(H,67,85)(H,68,83)(H,69,90)(H,70,81)(H,71,84)(H,75,76)(H,77,78)(H,79,80)(H,91,92)(H4,59,60,61)(H2,93,94,95)/t27-,28-,31+,32+,33+,34+,35+,36+,37+,41+,42+,43+,44+/m1/s1. The molecule has 97 heavy (non-hydrogen) atoms. The van der Waals surface area contributed by atoms with Crippen molar-refractivity contribution in [3.63, 3.8) is 0 Å². The van der Waals surface area contributed by atoms with E-state index in [1.165, 1.54) is 39.8 Å². The smallest absolute Gasteiger partial charge is 0.481 e. The third kappa shape index (κ3) is 32.9. The number of nitrogens with zero attached hydrogens (tertiary/aromatic N) is 1. The first-order chi connectivity index (χ1) is 45.1. The number of aliphatic imine (C=N–C) groups is 1. The highest BCUT2D eigenvalue weighted by molar-refractivity contribution is 7.46. The number of aliphatic hydroxyl groups excluding tert-OH is 3. The Balaban J connectivity index is 3.72. The summed E-state index contributed by atoms with van der Waals surface area (Å²) in [5.74, 6) is -20.4. The van der Waals surface area contributed by atoms with Crippen molar-refractivity contribution in [2.45, 2.75) is 191 Å². The molecule has 0 radical (unpaired) electrons. The highest BCUT2D eigenvalue weighted by Gasteiger charge is 2.39. The minimum Gasteiger partial charge on any atom is -0.481 e. The number of carboxylic acid groups (broad SMARTS) is 4. The molecule has 13 atom stereocenters. The lowest BCUT2D eigenvalue weighted by atomic mass is 9.99. The first-order valence-corrected chi connectivity index (χ1v) is 31.9. The van der Waals surface area contributed by atoms with Gasteiger partial charge >= 0.3 is 31.7 Å². The van der Waals surface area contributed by atoms with Gasteiger partial charge in [0.2, 0.25) is 59.1 Å². The van der Waals surface area contributed by atoms with Gasteiger partial charge in [0.1, 0.15) is 66.2 Å². The van der Waals surface area contributed by atoms with Crippen molar-refractivity contribution in [2.24, 2.45) is 39.8 Å². The van der Waals surface area contributed by atoms with Crippen LogP contribution in [0.5, 0.6) is 5.75 Å². The Morgan fingerprint density at radius 3 is 1.28 bits per heavy atom. The van der Waals surface area contributed by atoms with Crippen LogP contribution in [0, 0.1) is 11.8 Å². The van der Waals surface area contributed by atoms with Crippen LogP contribution in [0.15, 0.2) is 29.3 Å². The number of amides is 10. The van der Waals surface area contributed by atoms with Crippen LogP contribution < -0.4 is 80.6 Å². The summed E-state index contributed by atoms with van der Waals surface area (Å²) in [7, 11) is -5.10. The fourth-order valence-electron chi connectivity index (χ4n) is 8.83. The van der Waals surface area contributed by atoms with E-state index in [2.05, 4.69) is 57.4 Å². The predicted octanol–water partition coefficient (Wildman–Crippen LogP) is -7.59.